The third-order valence-electron chi connectivity index (χ3n) is 3.07. The molecule has 0 saturated heterocycles. The molecule has 2 N–H and O–H groups in total. The van der Waals surface area contributed by atoms with E-state index in [1.165, 1.54) is 22.5 Å². The van der Waals surface area contributed by atoms with Crippen molar-refractivity contribution in [2.45, 2.75) is 27.7 Å². The van der Waals surface area contributed by atoms with Crippen LogP contribution in [0.5, 0.6) is 0 Å². The van der Waals surface area contributed by atoms with Crippen LogP contribution in [0.2, 0.25) is 0 Å². The van der Waals surface area contributed by atoms with Gasteiger partial charge in [0.1, 0.15) is 0 Å². The van der Waals surface area contributed by atoms with Gasteiger partial charge in [-0.2, -0.15) is 0 Å². The van der Waals surface area contributed by atoms with Crippen LogP contribution < -0.4 is 0 Å². The second-order valence-electron chi connectivity index (χ2n) is 3.47. The van der Waals surface area contributed by atoms with Crippen LogP contribution in [-0.4, -0.2) is 29.6 Å². The van der Waals surface area contributed by atoms with Crippen LogP contribution in [0.15, 0.2) is 22.5 Å². The SMILES string of the molecule is CC1=C(C)N(C)N(C)C(C)=C1C.O. The smallest absolute Gasteiger partial charge is 0.0346 e. The van der Waals surface area contributed by atoms with Crippen molar-refractivity contribution < 1.29 is 5.48 Å². The molecule has 3 nitrogen and oxygen atoms in total. The lowest BCUT2D eigenvalue weighted by molar-refractivity contribution is 0.0995. The molecule has 0 aromatic heterocycles. The Hall–Kier alpha value is -0.960. The summed E-state index contributed by atoms with van der Waals surface area (Å²) in [4.78, 5) is 0. The predicted octanol–water partition coefficient (Wildman–Crippen LogP) is 1.54. The van der Waals surface area contributed by atoms with Crippen molar-refractivity contribution in [1.29, 1.82) is 0 Å². The first-order valence-electron chi connectivity index (χ1n) is 4.29. The maximum atomic E-state index is 2.18. The van der Waals surface area contributed by atoms with Crippen molar-refractivity contribution in [3.05, 3.63) is 22.5 Å². The van der Waals surface area contributed by atoms with E-state index in [1.807, 2.05) is 0 Å². The highest BCUT2D eigenvalue weighted by molar-refractivity contribution is 5.36. The molecule has 0 bridgehead atoms. The number of hydrogen-bond donors (Lipinski definition) is 0. The van der Waals surface area contributed by atoms with Crippen LogP contribution in [0, 0.1) is 0 Å². The summed E-state index contributed by atoms with van der Waals surface area (Å²) in [6, 6.07) is 0. The highest BCUT2D eigenvalue weighted by atomic mass is 16.0. The Bertz CT molecular complexity index is 238. The molecule has 1 aliphatic heterocycles. The monoisotopic (exact) mass is 184 g/mol. The van der Waals surface area contributed by atoms with Crippen LogP contribution in [0.25, 0.3) is 0 Å². The minimum absolute atomic E-state index is 0. The van der Waals surface area contributed by atoms with Gasteiger partial charge in [-0.1, -0.05) is 0 Å². The minimum atomic E-state index is 0. The van der Waals surface area contributed by atoms with Crippen LogP contribution in [0.3, 0.4) is 0 Å². The van der Waals surface area contributed by atoms with E-state index in [1.54, 1.807) is 0 Å². The van der Waals surface area contributed by atoms with Crippen LogP contribution in [0.4, 0.5) is 0 Å². The summed E-state index contributed by atoms with van der Waals surface area (Å²) in [5.74, 6) is 0. The van der Waals surface area contributed by atoms with Gasteiger partial charge in [-0.15, -0.1) is 0 Å². The lowest BCUT2D eigenvalue weighted by Gasteiger charge is -2.39. The molecule has 0 spiro atoms. The molecule has 1 rings (SSSR count). The molecule has 13 heavy (non-hydrogen) atoms. The zero-order valence-electron chi connectivity index (χ0n) is 9.39. The Kier molecular flexibility index (Phi) is 3.55. The molecular weight excluding hydrogens is 164 g/mol. The third kappa shape index (κ3) is 1.70. The molecule has 0 aromatic rings. The van der Waals surface area contributed by atoms with E-state index in [9.17, 15) is 0 Å². The Balaban J connectivity index is 0.00000144. The predicted molar refractivity (Wildman–Crippen MR) is 55.9 cm³/mol. The van der Waals surface area contributed by atoms with E-state index in [2.05, 4.69) is 51.8 Å². The van der Waals surface area contributed by atoms with E-state index in [-0.39, 0.29) is 5.48 Å². The quantitative estimate of drug-likeness (QED) is 0.572. The van der Waals surface area contributed by atoms with E-state index in [4.69, 9.17) is 0 Å². The molecule has 0 atom stereocenters. The molecular formula is C10H20N2O. The molecule has 0 aliphatic carbocycles. The van der Waals surface area contributed by atoms with Gasteiger partial charge in [0.2, 0.25) is 0 Å². The van der Waals surface area contributed by atoms with Gasteiger partial charge in [0, 0.05) is 25.5 Å². The Morgan fingerprint density at radius 3 is 1.15 bits per heavy atom. The average Bonchev–Trinajstić information content (AvgIpc) is 2.08. The number of allylic oxidation sites excluding steroid dienone is 4. The Morgan fingerprint density at radius 1 is 0.692 bits per heavy atom. The third-order valence-corrected chi connectivity index (χ3v) is 3.07. The van der Waals surface area contributed by atoms with Gasteiger partial charge in [-0.25, -0.2) is 0 Å². The van der Waals surface area contributed by atoms with Gasteiger partial charge < -0.3 is 5.48 Å². The Morgan fingerprint density at radius 2 is 0.923 bits per heavy atom. The van der Waals surface area contributed by atoms with Gasteiger partial charge >= 0.3 is 0 Å². The summed E-state index contributed by atoms with van der Waals surface area (Å²) in [7, 11) is 4.18. The van der Waals surface area contributed by atoms with Gasteiger partial charge in [0.05, 0.1) is 0 Å². The van der Waals surface area contributed by atoms with Gasteiger partial charge in [0.25, 0.3) is 0 Å². The summed E-state index contributed by atoms with van der Waals surface area (Å²) < 4.78 is 0. The molecule has 0 fully saturated rings. The highest BCUT2D eigenvalue weighted by Gasteiger charge is 2.18. The summed E-state index contributed by atoms with van der Waals surface area (Å²) in [5, 5.41) is 4.36. The summed E-state index contributed by atoms with van der Waals surface area (Å²) >= 11 is 0. The van der Waals surface area contributed by atoms with Gasteiger partial charge in [-0.3, -0.25) is 10.0 Å². The zero-order valence-corrected chi connectivity index (χ0v) is 9.39. The number of hydrazine groups is 1. The number of hydrogen-bond acceptors (Lipinski definition) is 2. The lowest BCUT2D eigenvalue weighted by atomic mass is 10.0. The molecule has 76 valence electrons. The fourth-order valence-electron chi connectivity index (χ4n) is 1.48. The summed E-state index contributed by atoms with van der Waals surface area (Å²) in [5.41, 5.74) is 5.46. The van der Waals surface area contributed by atoms with Crippen molar-refractivity contribution in [2.75, 3.05) is 14.1 Å². The maximum Gasteiger partial charge on any atom is 0.0346 e. The second kappa shape index (κ2) is 3.83. The van der Waals surface area contributed by atoms with Crippen molar-refractivity contribution >= 4 is 0 Å². The van der Waals surface area contributed by atoms with Crippen molar-refractivity contribution in [2.24, 2.45) is 0 Å². The van der Waals surface area contributed by atoms with Crippen LogP contribution in [-0.2, 0) is 0 Å². The average molecular weight is 184 g/mol. The summed E-state index contributed by atoms with van der Waals surface area (Å²) in [6.45, 7) is 8.67. The molecule has 1 heterocycles. The van der Waals surface area contributed by atoms with E-state index in [0.29, 0.717) is 0 Å². The largest absolute Gasteiger partial charge is 0.412 e. The van der Waals surface area contributed by atoms with Crippen LogP contribution in [0.1, 0.15) is 27.7 Å². The molecule has 0 saturated carbocycles. The first kappa shape index (κ1) is 12.0. The van der Waals surface area contributed by atoms with E-state index < -0.39 is 0 Å². The van der Waals surface area contributed by atoms with Crippen molar-refractivity contribution in [1.82, 2.24) is 10.0 Å². The maximum absolute atomic E-state index is 2.18. The fourth-order valence-corrected chi connectivity index (χ4v) is 1.48. The Labute approximate surface area is 80.6 Å². The standard InChI is InChI=1S/C10H18N2.H2O/c1-7-8(2)10(4)12(6)11(5)9(7)3;/h1-6H3;1H2. The topological polar surface area (TPSA) is 38.0 Å². The summed E-state index contributed by atoms with van der Waals surface area (Å²) in [6.07, 6.45) is 0. The first-order chi connectivity index (χ1) is 5.46. The van der Waals surface area contributed by atoms with Crippen molar-refractivity contribution in [3.8, 4) is 0 Å². The molecule has 0 unspecified atom stereocenters. The van der Waals surface area contributed by atoms with Crippen molar-refractivity contribution in [3.63, 3.8) is 0 Å². The molecule has 0 aromatic carbocycles. The minimum Gasteiger partial charge on any atom is -0.412 e. The lowest BCUT2D eigenvalue weighted by Crippen LogP contribution is -2.37. The normalized spacial score (nSPS) is 18.0. The number of nitrogens with zero attached hydrogens (tertiary/aromatic N) is 2. The van der Waals surface area contributed by atoms with Gasteiger partial charge in [0.15, 0.2) is 0 Å². The number of rotatable bonds is 0. The van der Waals surface area contributed by atoms with E-state index >= 15 is 0 Å². The first-order valence-corrected chi connectivity index (χ1v) is 4.29. The molecule has 1 aliphatic rings. The zero-order chi connectivity index (χ0) is 9.46. The molecule has 3 heteroatoms. The van der Waals surface area contributed by atoms with Gasteiger partial charge in [-0.05, 0) is 38.8 Å². The highest BCUT2D eigenvalue weighted by Crippen LogP contribution is 2.27. The molecule has 0 amide bonds. The van der Waals surface area contributed by atoms with Crippen LogP contribution >= 0.6 is 0 Å². The fraction of sp³-hybridized carbons (Fsp3) is 0.600. The van der Waals surface area contributed by atoms with E-state index in [0.717, 1.165) is 0 Å². The second-order valence-corrected chi connectivity index (χ2v) is 3.47. The molecule has 0 radical (unpaired) electrons.